The van der Waals surface area contributed by atoms with Crippen LogP contribution in [-0.4, -0.2) is 26.7 Å². The summed E-state index contributed by atoms with van der Waals surface area (Å²) in [7, 11) is 1.92. The second-order valence-corrected chi connectivity index (χ2v) is 3.17. The summed E-state index contributed by atoms with van der Waals surface area (Å²) in [5.74, 6) is 0.867. The fourth-order valence-corrected chi connectivity index (χ4v) is 1.16. The first-order chi connectivity index (χ1) is 7.36. The zero-order chi connectivity index (χ0) is 10.9. The number of hydrogen-bond acceptors (Lipinski definition) is 3. The molecule has 0 amide bonds. The first-order valence-electron chi connectivity index (χ1n) is 5.11. The molecular weight excluding hydrogens is 188 g/mol. The number of hydrogen-bond donors (Lipinski definition) is 2. The van der Waals surface area contributed by atoms with E-state index in [9.17, 15) is 0 Å². The second kappa shape index (κ2) is 7.04. The minimum absolute atomic E-state index is 0.545. The van der Waals surface area contributed by atoms with E-state index in [0.29, 0.717) is 13.2 Å². The van der Waals surface area contributed by atoms with Crippen LogP contribution >= 0.6 is 0 Å². The molecule has 0 radical (unpaired) electrons. The van der Waals surface area contributed by atoms with Crippen LogP contribution in [0.25, 0.3) is 6.08 Å². The molecule has 0 aliphatic carbocycles. The van der Waals surface area contributed by atoms with Gasteiger partial charge in [-0.05, 0) is 24.7 Å². The average Bonchev–Trinajstić information content (AvgIpc) is 2.28. The molecule has 3 nitrogen and oxygen atoms in total. The summed E-state index contributed by atoms with van der Waals surface area (Å²) in [5.41, 5.74) is 6.52. The Labute approximate surface area is 90.9 Å². The number of rotatable bonds is 6. The lowest BCUT2D eigenvalue weighted by molar-refractivity contribution is 0.328. The molecule has 82 valence electrons. The van der Waals surface area contributed by atoms with Gasteiger partial charge in [0.05, 0.1) is 0 Å². The molecule has 15 heavy (non-hydrogen) atoms. The number of nitrogens with one attached hydrogen (secondary N) is 1. The Hall–Kier alpha value is -1.32. The minimum atomic E-state index is 0.545. The van der Waals surface area contributed by atoms with Crippen molar-refractivity contribution in [2.45, 2.75) is 0 Å². The third-order valence-corrected chi connectivity index (χ3v) is 1.90. The van der Waals surface area contributed by atoms with Crippen molar-refractivity contribution in [3.05, 3.63) is 35.9 Å². The molecule has 0 heterocycles. The van der Waals surface area contributed by atoms with Gasteiger partial charge < -0.3 is 15.8 Å². The zero-order valence-corrected chi connectivity index (χ0v) is 9.07. The van der Waals surface area contributed by atoms with Crippen molar-refractivity contribution in [3.8, 4) is 5.75 Å². The van der Waals surface area contributed by atoms with Crippen LogP contribution in [0, 0.1) is 0 Å². The van der Waals surface area contributed by atoms with Crippen molar-refractivity contribution >= 4 is 6.08 Å². The summed E-state index contributed by atoms with van der Waals surface area (Å²) in [6.07, 6.45) is 4.15. The van der Waals surface area contributed by atoms with Crippen molar-refractivity contribution in [1.82, 2.24) is 5.32 Å². The summed E-state index contributed by atoms with van der Waals surface area (Å²) < 4.78 is 5.37. The SMILES string of the molecule is CNC/C=C/c1ccc(OCCN)cc1. The van der Waals surface area contributed by atoms with Crippen molar-refractivity contribution in [2.75, 3.05) is 26.7 Å². The Kier molecular flexibility index (Phi) is 5.51. The van der Waals surface area contributed by atoms with E-state index in [1.54, 1.807) is 0 Å². The summed E-state index contributed by atoms with van der Waals surface area (Å²) in [6.45, 7) is 1.99. The van der Waals surface area contributed by atoms with Crippen molar-refractivity contribution < 1.29 is 4.74 Å². The highest BCUT2D eigenvalue weighted by Gasteiger charge is 1.91. The molecule has 0 aliphatic rings. The lowest BCUT2D eigenvalue weighted by Crippen LogP contribution is -2.10. The van der Waals surface area contributed by atoms with E-state index in [0.717, 1.165) is 12.3 Å². The molecule has 0 aliphatic heterocycles. The first-order valence-corrected chi connectivity index (χ1v) is 5.11. The van der Waals surface area contributed by atoms with Gasteiger partial charge in [0, 0.05) is 13.1 Å². The van der Waals surface area contributed by atoms with Gasteiger partial charge in [-0.15, -0.1) is 0 Å². The van der Waals surface area contributed by atoms with Crippen LogP contribution in [0.1, 0.15) is 5.56 Å². The van der Waals surface area contributed by atoms with E-state index >= 15 is 0 Å². The normalized spacial score (nSPS) is 10.8. The molecule has 3 heteroatoms. The summed E-state index contributed by atoms with van der Waals surface area (Å²) in [6, 6.07) is 7.96. The van der Waals surface area contributed by atoms with E-state index in [-0.39, 0.29) is 0 Å². The van der Waals surface area contributed by atoms with E-state index in [1.165, 1.54) is 5.56 Å². The average molecular weight is 206 g/mol. The first kappa shape index (κ1) is 11.8. The zero-order valence-electron chi connectivity index (χ0n) is 9.07. The molecule has 1 rings (SSSR count). The fraction of sp³-hybridized carbons (Fsp3) is 0.333. The third-order valence-electron chi connectivity index (χ3n) is 1.90. The minimum Gasteiger partial charge on any atom is -0.492 e. The summed E-state index contributed by atoms with van der Waals surface area (Å²) in [5, 5.41) is 3.05. The van der Waals surface area contributed by atoms with Gasteiger partial charge in [-0.2, -0.15) is 0 Å². The molecule has 0 spiro atoms. The summed E-state index contributed by atoms with van der Waals surface area (Å²) in [4.78, 5) is 0. The predicted molar refractivity (Wildman–Crippen MR) is 64.0 cm³/mol. The van der Waals surface area contributed by atoms with Crippen LogP contribution in [0.5, 0.6) is 5.75 Å². The Morgan fingerprint density at radius 1 is 1.33 bits per heavy atom. The summed E-state index contributed by atoms with van der Waals surface area (Å²) >= 11 is 0. The van der Waals surface area contributed by atoms with E-state index < -0.39 is 0 Å². The van der Waals surface area contributed by atoms with Gasteiger partial charge in [-0.3, -0.25) is 0 Å². The molecule has 0 fully saturated rings. The highest BCUT2D eigenvalue weighted by molar-refractivity contribution is 5.50. The Morgan fingerprint density at radius 2 is 2.07 bits per heavy atom. The van der Waals surface area contributed by atoms with Gasteiger partial charge >= 0.3 is 0 Å². The molecule has 0 aromatic heterocycles. The molecule has 0 atom stereocenters. The van der Waals surface area contributed by atoms with Crippen molar-refractivity contribution in [2.24, 2.45) is 5.73 Å². The quantitative estimate of drug-likeness (QED) is 0.736. The second-order valence-electron chi connectivity index (χ2n) is 3.17. The highest BCUT2D eigenvalue weighted by atomic mass is 16.5. The molecule has 3 N–H and O–H groups in total. The molecule has 1 aromatic carbocycles. The van der Waals surface area contributed by atoms with Crippen LogP contribution in [0.15, 0.2) is 30.3 Å². The molecule has 0 bridgehead atoms. The standard InChI is InChI=1S/C12H18N2O/c1-14-9-2-3-11-4-6-12(7-5-11)15-10-8-13/h2-7,14H,8-10,13H2,1H3/b3-2+. The lowest BCUT2D eigenvalue weighted by atomic mass is 10.2. The van der Waals surface area contributed by atoms with E-state index in [2.05, 4.69) is 17.5 Å². The van der Waals surface area contributed by atoms with Gasteiger partial charge in [-0.25, -0.2) is 0 Å². The van der Waals surface area contributed by atoms with E-state index in [1.807, 2.05) is 31.3 Å². The van der Waals surface area contributed by atoms with Crippen LogP contribution in [-0.2, 0) is 0 Å². The van der Waals surface area contributed by atoms with Gasteiger partial charge in [0.1, 0.15) is 12.4 Å². The van der Waals surface area contributed by atoms with Crippen LogP contribution < -0.4 is 15.8 Å². The van der Waals surface area contributed by atoms with Crippen LogP contribution in [0.2, 0.25) is 0 Å². The largest absolute Gasteiger partial charge is 0.492 e. The van der Waals surface area contributed by atoms with Crippen LogP contribution in [0.3, 0.4) is 0 Å². The number of likely N-dealkylation sites (N-methyl/N-ethyl adjacent to an activating group) is 1. The molecular formula is C12H18N2O. The van der Waals surface area contributed by atoms with E-state index in [4.69, 9.17) is 10.5 Å². The van der Waals surface area contributed by atoms with Gasteiger partial charge in [-0.1, -0.05) is 24.3 Å². The maximum absolute atomic E-state index is 5.37. The van der Waals surface area contributed by atoms with Crippen LogP contribution in [0.4, 0.5) is 0 Å². The van der Waals surface area contributed by atoms with Crippen molar-refractivity contribution in [3.63, 3.8) is 0 Å². The predicted octanol–water partition coefficient (Wildman–Crippen LogP) is 1.26. The van der Waals surface area contributed by atoms with Gasteiger partial charge in [0.2, 0.25) is 0 Å². The molecule has 1 aromatic rings. The Balaban J connectivity index is 2.48. The van der Waals surface area contributed by atoms with Gasteiger partial charge in [0.15, 0.2) is 0 Å². The molecule has 0 saturated heterocycles. The third kappa shape index (κ3) is 4.63. The topological polar surface area (TPSA) is 47.3 Å². The maximum Gasteiger partial charge on any atom is 0.119 e. The molecule has 0 saturated carbocycles. The number of benzene rings is 1. The smallest absolute Gasteiger partial charge is 0.119 e. The number of ether oxygens (including phenoxy) is 1. The maximum atomic E-state index is 5.37. The lowest BCUT2D eigenvalue weighted by Gasteiger charge is -2.03. The monoisotopic (exact) mass is 206 g/mol. The Bertz CT molecular complexity index is 293. The van der Waals surface area contributed by atoms with Crippen molar-refractivity contribution in [1.29, 1.82) is 0 Å². The highest BCUT2D eigenvalue weighted by Crippen LogP contribution is 2.12. The fourth-order valence-electron chi connectivity index (χ4n) is 1.16. The number of nitrogens with two attached hydrogens (primary N) is 1. The Morgan fingerprint density at radius 3 is 2.67 bits per heavy atom. The molecule has 0 unspecified atom stereocenters. The van der Waals surface area contributed by atoms with Gasteiger partial charge in [0.25, 0.3) is 0 Å².